The molecular weight excluding hydrogens is 190 g/mol. The van der Waals surface area contributed by atoms with Crippen molar-refractivity contribution >= 4 is 0 Å². The van der Waals surface area contributed by atoms with E-state index < -0.39 is 0 Å². The van der Waals surface area contributed by atoms with Gasteiger partial charge in [0.15, 0.2) is 0 Å². The zero-order valence-electron chi connectivity index (χ0n) is 9.40. The van der Waals surface area contributed by atoms with Crippen LogP contribution in [0.15, 0.2) is 6.20 Å². The summed E-state index contributed by atoms with van der Waals surface area (Å²) in [5.74, 6) is 0. The molecule has 84 valence electrons. The number of aryl methyl sites for hydroxylation is 1. The lowest BCUT2D eigenvalue weighted by molar-refractivity contribution is 0.0967. The maximum Gasteiger partial charge on any atom is 0.0543 e. The minimum absolute atomic E-state index is 0.168. The molecule has 1 aromatic rings. The van der Waals surface area contributed by atoms with Crippen LogP contribution in [-0.2, 0) is 12.6 Å². The van der Waals surface area contributed by atoms with Gasteiger partial charge >= 0.3 is 0 Å². The van der Waals surface area contributed by atoms with Crippen LogP contribution in [0.1, 0.15) is 36.9 Å². The van der Waals surface area contributed by atoms with Gasteiger partial charge in [0.1, 0.15) is 0 Å². The summed E-state index contributed by atoms with van der Waals surface area (Å²) in [6.45, 7) is 2.04. The maximum absolute atomic E-state index is 9.49. The molecule has 0 aromatic carbocycles. The summed E-state index contributed by atoms with van der Waals surface area (Å²) in [6.07, 6.45) is 4.99. The summed E-state index contributed by atoms with van der Waals surface area (Å²) in [5.41, 5.74) is 8.38. The van der Waals surface area contributed by atoms with Gasteiger partial charge in [-0.05, 0) is 32.6 Å². The molecule has 1 fully saturated rings. The minimum Gasteiger partial charge on any atom is -0.393 e. The van der Waals surface area contributed by atoms with Gasteiger partial charge < -0.3 is 10.8 Å². The lowest BCUT2D eigenvalue weighted by atomic mass is 9.76. The number of rotatable bonds is 1. The van der Waals surface area contributed by atoms with Crippen LogP contribution in [0, 0.1) is 6.92 Å². The fourth-order valence-corrected chi connectivity index (χ4v) is 2.37. The van der Waals surface area contributed by atoms with Crippen LogP contribution < -0.4 is 5.73 Å². The zero-order valence-corrected chi connectivity index (χ0v) is 9.40. The molecule has 0 unspecified atom stereocenters. The predicted octanol–water partition coefficient (Wildman–Crippen LogP) is 0.817. The molecule has 0 amide bonds. The van der Waals surface area contributed by atoms with Crippen LogP contribution in [0.3, 0.4) is 0 Å². The molecule has 1 heterocycles. The van der Waals surface area contributed by atoms with Crippen molar-refractivity contribution in [3.63, 3.8) is 0 Å². The number of aromatic nitrogens is 2. The van der Waals surface area contributed by atoms with E-state index in [9.17, 15) is 5.11 Å². The molecule has 2 rings (SSSR count). The van der Waals surface area contributed by atoms with Gasteiger partial charge in [-0.1, -0.05) is 0 Å². The first kappa shape index (κ1) is 10.6. The van der Waals surface area contributed by atoms with Crippen LogP contribution >= 0.6 is 0 Å². The van der Waals surface area contributed by atoms with E-state index in [1.165, 1.54) is 0 Å². The van der Waals surface area contributed by atoms with E-state index in [1.807, 2.05) is 24.9 Å². The molecule has 1 saturated carbocycles. The molecule has 0 radical (unpaired) electrons. The molecule has 1 aliphatic carbocycles. The highest BCUT2D eigenvalue weighted by Crippen LogP contribution is 2.36. The number of aliphatic hydroxyl groups excluding tert-OH is 1. The Bertz CT molecular complexity index is 351. The van der Waals surface area contributed by atoms with Crippen LogP contribution in [0.25, 0.3) is 0 Å². The second-order valence-corrected chi connectivity index (χ2v) is 4.65. The highest BCUT2D eigenvalue weighted by molar-refractivity contribution is 5.26. The summed E-state index contributed by atoms with van der Waals surface area (Å²) in [5, 5.41) is 13.7. The van der Waals surface area contributed by atoms with Crippen molar-refractivity contribution in [2.45, 2.75) is 44.2 Å². The van der Waals surface area contributed by atoms with Crippen molar-refractivity contribution < 1.29 is 5.11 Å². The molecule has 15 heavy (non-hydrogen) atoms. The Kier molecular flexibility index (Phi) is 2.56. The quantitative estimate of drug-likeness (QED) is 0.719. The predicted molar refractivity (Wildman–Crippen MR) is 58.3 cm³/mol. The first-order valence-electron chi connectivity index (χ1n) is 5.49. The van der Waals surface area contributed by atoms with E-state index in [2.05, 4.69) is 5.10 Å². The minimum atomic E-state index is -0.280. The lowest BCUT2D eigenvalue weighted by Crippen LogP contribution is -2.41. The van der Waals surface area contributed by atoms with E-state index in [0.717, 1.165) is 36.9 Å². The average molecular weight is 209 g/mol. The molecule has 0 bridgehead atoms. The Morgan fingerprint density at radius 1 is 1.53 bits per heavy atom. The summed E-state index contributed by atoms with van der Waals surface area (Å²) in [4.78, 5) is 0. The molecule has 1 aliphatic rings. The van der Waals surface area contributed by atoms with Crippen molar-refractivity contribution in [3.05, 3.63) is 17.5 Å². The third-order valence-electron chi connectivity index (χ3n) is 3.62. The Balaban J connectivity index is 2.26. The number of hydrogen-bond acceptors (Lipinski definition) is 3. The van der Waals surface area contributed by atoms with Gasteiger partial charge in [-0.3, -0.25) is 4.68 Å². The average Bonchev–Trinajstić information content (AvgIpc) is 2.54. The fourth-order valence-electron chi connectivity index (χ4n) is 2.37. The molecule has 0 spiro atoms. The topological polar surface area (TPSA) is 64.1 Å². The normalized spacial score (nSPS) is 31.9. The number of aliphatic hydroxyl groups is 1. The van der Waals surface area contributed by atoms with Gasteiger partial charge in [-0.25, -0.2) is 0 Å². The zero-order chi connectivity index (χ0) is 11.1. The highest BCUT2D eigenvalue weighted by Gasteiger charge is 2.34. The lowest BCUT2D eigenvalue weighted by Gasteiger charge is -2.35. The third-order valence-corrected chi connectivity index (χ3v) is 3.62. The smallest absolute Gasteiger partial charge is 0.0543 e. The summed E-state index contributed by atoms with van der Waals surface area (Å²) >= 11 is 0. The first-order valence-corrected chi connectivity index (χ1v) is 5.49. The van der Waals surface area contributed by atoms with Crippen LogP contribution in [0.4, 0.5) is 0 Å². The molecule has 0 atom stereocenters. The summed E-state index contributed by atoms with van der Waals surface area (Å²) in [7, 11) is 1.93. The second kappa shape index (κ2) is 3.61. The van der Waals surface area contributed by atoms with Gasteiger partial charge in [0.25, 0.3) is 0 Å². The van der Waals surface area contributed by atoms with E-state index in [4.69, 9.17) is 5.73 Å². The summed E-state index contributed by atoms with van der Waals surface area (Å²) in [6, 6.07) is 0. The van der Waals surface area contributed by atoms with Crippen LogP contribution in [0.5, 0.6) is 0 Å². The van der Waals surface area contributed by atoms with Crippen molar-refractivity contribution in [2.75, 3.05) is 0 Å². The van der Waals surface area contributed by atoms with Crippen LogP contribution in [0.2, 0.25) is 0 Å². The molecule has 4 heteroatoms. The van der Waals surface area contributed by atoms with Crippen molar-refractivity contribution in [1.82, 2.24) is 9.78 Å². The maximum atomic E-state index is 9.49. The number of nitrogens with zero attached hydrogens (tertiary/aromatic N) is 2. The first-order chi connectivity index (χ1) is 7.03. The second-order valence-electron chi connectivity index (χ2n) is 4.65. The third kappa shape index (κ3) is 1.79. The molecule has 4 nitrogen and oxygen atoms in total. The fraction of sp³-hybridized carbons (Fsp3) is 0.727. The van der Waals surface area contributed by atoms with Crippen LogP contribution in [-0.4, -0.2) is 21.0 Å². The molecule has 0 aliphatic heterocycles. The molecule has 1 aromatic heterocycles. The SMILES string of the molecule is Cc1c(C2(N)CCC(O)CC2)cnn1C. The Morgan fingerprint density at radius 2 is 2.13 bits per heavy atom. The van der Waals surface area contributed by atoms with Gasteiger partial charge in [0.05, 0.1) is 12.3 Å². The highest BCUT2D eigenvalue weighted by atomic mass is 16.3. The largest absolute Gasteiger partial charge is 0.393 e. The Hall–Kier alpha value is -0.870. The van der Waals surface area contributed by atoms with Gasteiger partial charge in [0, 0.05) is 23.8 Å². The number of hydrogen-bond donors (Lipinski definition) is 2. The molecule has 3 N–H and O–H groups in total. The van der Waals surface area contributed by atoms with E-state index >= 15 is 0 Å². The summed E-state index contributed by atoms with van der Waals surface area (Å²) < 4.78 is 1.86. The van der Waals surface area contributed by atoms with Gasteiger partial charge in [-0.2, -0.15) is 5.10 Å². The monoisotopic (exact) mass is 209 g/mol. The Morgan fingerprint density at radius 3 is 2.60 bits per heavy atom. The number of nitrogens with two attached hydrogens (primary N) is 1. The van der Waals surface area contributed by atoms with Crippen molar-refractivity contribution in [1.29, 1.82) is 0 Å². The van der Waals surface area contributed by atoms with E-state index in [-0.39, 0.29) is 11.6 Å². The van der Waals surface area contributed by atoms with E-state index in [1.54, 1.807) is 0 Å². The Labute approximate surface area is 90.1 Å². The van der Waals surface area contributed by atoms with E-state index in [0.29, 0.717) is 0 Å². The standard InChI is InChI=1S/C11H19N3O/c1-8-10(7-13-14(8)2)11(12)5-3-9(15)4-6-11/h7,9,15H,3-6,12H2,1-2H3. The van der Waals surface area contributed by atoms with Gasteiger partial charge in [0.2, 0.25) is 0 Å². The van der Waals surface area contributed by atoms with Crippen molar-refractivity contribution in [3.8, 4) is 0 Å². The van der Waals surface area contributed by atoms with Crippen molar-refractivity contribution in [2.24, 2.45) is 12.8 Å². The van der Waals surface area contributed by atoms with Gasteiger partial charge in [-0.15, -0.1) is 0 Å². The molecule has 0 saturated heterocycles. The molecular formula is C11H19N3O.